The molecule has 6 heteroatoms. The van der Waals surface area contributed by atoms with E-state index in [-0.39, 0.29) is 12.3 Å². The van der Waals surface area contributed by atoms with Gasteiger partial charge in [0.1, 0.15) is 0 Å². The molecule has 0 spiro atoms. The number of hydrogen-bond donors (Lipinski definition) is 1. The number of carboxylic acid groups (broad SMARTS) is 1. The van der Waals surface area contributed by atoms with Gasteiger partial charge in [-0.15, -0.1) is 0 Å². The van der Waals surface area contributed by atoms with E-state index in [2.05, 4.69) is 15.9 Å². The van der Waals surface area contributed by atoms with E-state index < -0.39 is 5.97 Å². The number of carbonyl (C=O) groups is 2. The maximum atomic E-state index is 11.8. The molecule has 0 aliphatic carbocycles. The Kier molecular flexibility index (Phi) is 6.94. The minimum Gasteiger partial charge on any atom is -0.481 e. The van der Waals surface area contributed by atoms with Gasteiger partial charge in [-0.3, -0.25) is 9.59 Å². The average molecular weight is 346 g/mol. The summed E-state index contributed by atoms with van der Waals surface area (Å²) in [6, 6.07) is 7.76. The highest BCUT2D eigenvalue weighted by atomic mass is 79.9. The molecule has 0 aromatic heterocycles. The van der Waals surface area contributed by atoms with Crippen LogP contribution in [0.5, 0.6) is 0 Å². The number of rotatable bonds is 7. The molecule has 1 aromatic rings. The van der Waals surface area contributed by atoms with Gasteiger partial charge in [-0.25, -0.2) is 0 Å². The van der Waals surface area contributed by atoms with Crippen LogP contribution in [0.4, 0.5) is 0 Å². The first-order valence-electron chi connectivity index (χ1n) is 5.77. The highest BCUT2D eigenvalue weighted by Crippen LogP contribution is 2.17. The first kappa shape index (κ1) is 16.0. The van der Waals surface area contributed by atoms with E-state index in [1.807, 2.05) is 24.3 Å². The summed E-state index contributed by atoms with van der Waals surface area (Å²) in [5.74, 6) is -0.0503. The van der Waals surface area contributed by atoms with E-state index in [0.29, 0.717) is 18.1 Å². The topological polar surface area (TPSA) is 57.6 Å². The van der Waals surface area contributed by atoms with Crippen molar-refractivity contribution in [3.63, 3.8) is 0 Å². The van der Waals surface area contributed by atoms with Crippen molar-refractivity contribution < 1.29 is 14.7 Å². The fourth-order valence-corrected chi connectivity index (χ4v) is 2.67. The molecule has 0 saturated heterocycles. The zero-order chi connectivity index (χ0) is 14.3. The molecular formula is C13H16BrNO3S. The first-order chi connectivity index (χ1) is 9.00. The van der Waals surface area contributed by atoms with Crippen molar-refractivity contribution in [1.82, 2.24) is 4.90 Å². The smallest absolute Gasteiger partial charge is 0.304 e. The van der Waals surface area contributed by atoms with E-state index in [9.17, 15) is 9.59 Å². The summed E-state index contributed by atoms with van der Waals surface area (Å²) in [6.07, 6.45) is 0.0892. The number of aliphatic carboxylic acids is 1. The Morgan fingerprint density at radius 1 is 1.37 bits per heavy atom. The zero-order valence-corrected chi connectivity index (χ0v) is 13.0. The Balaban J connectivity index is 2.37. The molecule has 0 aliphatic heterocycles. The molecule has 104 valence electrons. The maximum absolute atomic E-state index is 11.8. The number of carbonyl (C=O) groups excluding carboxylic acids is 1. The van der Waals surface area contributed by atoms with Gasteiger partial charge >= 0.3 is 5.97 Å². The van der Waals surface area contributed by atoms with Gasteiger partial charge < -0.3 is 10.0 Å². The second-order valence-corrected chi connectivity index (χ2v) is 6.00. The van der Waals surface area contributed by atoms with E-state index in [0.717, 1.165) is 10.0 Å². The molecule has 19 heavy (non-hydrogen) atoms. The second-order valence-electron chi connectivity index (χ2n) is 4.04. The van der Waals surface area contributed by atoms with Crippen LogP contribution >= 0.6 is 27.7 Å². The van der Waals surface area contributed by atoms with E-state index in [1.54, 1.807) is 11.9 Å². The highest BCUT2D eigenvalue weighted by Gasteiger charge is 2.11. The van der Waals surface area contributed by atoms with Crippen LogP contribution in [0.25, 0.3) is 0 Å². The molecule has 0 bridgehead atoms. The predicted octanol–water partition coefficient (Wildman–Crippen LogP) is 2.62. The Morgan fingerprint density at radius 2 is 2.05 bits per heavy atom. The van der Waals surface area contributed by atoms with Crippen molar-refractivity contribution in [3.05, 3.63) is 34.3 Å². The van der Waals surface area contributed by atoms with Gasteiger partial charge in [0.05, 0.1) is 12.2 Å². The number of halogens is 1. The van der Waals surface area contributed by atoms with Crippen LogP contribution in [0, 0.1) is 0 Å². The second kappa shape index (κ2) is 8.22. The van der Waals surface area contributed by atoms with Crippen LogP contribution < -0.4 is 0 Å². The molecule has 0 aliphatic rings. The number of thioether (sulfide) groups is 1. The molecule has 0 heterocycles. The summed E-state index contributed by atoms with van der Waals surface area (Å²) >= 11 is 4.79. The number of hydrogen-bond acceptors (Lipinski definition) is 3. The first-order valence-corrected chi connectivity index (χ1v) is 7.72. The number of carboxylic acids is 1. The molecule has 0 atom stereocenters. The normalized spacial score (nSPS) is 10.2. The lowest BCUT2D eigenvalue weighted by molar-refractivity contribution is -0.136. The van der Waals surface area contributed by atoms with Crippen molar-refractivity contribution in [2.24, 2.45) is 0 Å². The molecule has 0 saturated carbocycles. The van der Waals surface area contributed by atoms with Crippen LogP contribution in [0.2, 0.25) is 0 Å². The van der Waals surface area contributed by atoms with E-state index in [4.69, 9.17) is 5.11 Å². The zero-order valence-electron chi connectivity index (χ0n) is 10.6. The van der Waals surface area contributed by atoms with E-state index in [1.165, 1.54) is 11.8 Å². The molecule has 0 fully saturated rings. The van der Waals surface area contributed by atoms with Crippen molar-refractivity contribution in [2.45, 2.75) is 13.0 Å². The largest absolute Gasteiger partial charge is 0.481 e. The van der Waals surface area contributed by atoms with Gasteiger partial charge in [0.15, 0.2) is 0 Å². The SMILES string of the molecule is CN(Cc1ccccc1Br)C(=O)CSCCC(=O)O. The minimum atomic E-state index is -0.832. The van der Waals surface area contributed by atoms with Gasteiger partial charge in [0.25, 0.3) is 0 Å². The third kappa shape index (κ3) is 6.11. The van der Waals surface area contributed by atoms with Crippen molar-refractivity contribution in [1.29, 1.82) is 0 Å². The van der Waals surface area contributed by atoms with Crippen LogP contribution in [-0.4, -0.2) is 40.4 Å². The van der Waals surface area contributed by atoms with Crippen molar-refractivity contribution >= 4 is 39.6 Å². The van der Waals surface area contributed by atoms with E-state index >= 15 is 0 Å². The third-order valence-electron chi connectivity index (χ3n) is 2.48. The van der Waals surface area contributed by atoms with Crippen LogP contribution in [-0.2, 0) is 16.1 Å². The van der Waals surface area contributed by atoms with Gasteiger partial charge in [0, 0.05) is 23.8 Å². The van der Waals surface area contributed by atoms with Gasteiger partial charge in [0.2, 0.25) is 5.91 Å². The Morgan fingerprint density at radius 3 is 2.68 bits per heavy atom. The summed E-state index contributed by atoms with van der Waals surface area (Å²) in [4.78, 5) is 23.8. The molecule has 0 radical (unpaired) electrons. The summed E-state index contributed by atoms with van der Waals surface area (Å²) in [5, 5.41) is 8.50. The van der Waals surface area contributed by atoms with Crippen LogP contribution in [0.1, 0.15) is 12.0 Å². The summed E-state index contributed by atoms with van der Waals surface area (Å²) in [5.41, 5.74) is 1.05. The summed E-state index contributed by atoms with van der Waals surface area (Å²) in [7, 11) is 1.75. The molecule has 1 aromatic carbocycles. The van der Waals surface area contributed by atoms with Crippen LogP contribution in [0.3, 0.4) is 0 Å². The highest BCUT2D eigenvalue weighted by molar-refractivity contribution is 9.10. The molecule has 1 rings (SSSR count). The molecule has 4 nitrogen and oxygen atoms in total. The maximum Gasteiger partial charge on any atom is 0.304 e. The van der Waals surface area contributed by atoms with Crippen molar-refractivity contribution in [2.75, 3.05) is 18.6 Å². The summed E-state index contributed by atoms with van der Waals surface area (Å²) in [6.45, 7) is 0.541. The van der Waals surface area contributed by atoms with Gasteiger partial charge in [-0.05, 0) is 11.6 Å². The number of benzene rings is 1. The van der Waals surface area contributed by atoms with Gasteiger partial charge in [-0.1, -0.05) is 34.1 Å². The Hall–Kier alpha value is -1.01. The summed E-state index contributed by atoms with van der Waals surface area (Å²) < 4.78 is 0.980. The monoisotopic (exact) mass is 345 g/mol. The lowest BCUT2D eigenvalue weighted by Crippen LogP contribution is -2.28. The quantitative estimate of drug-likeness (QED) is 0.771. The van der Waals surface area contributed by atoms with Crippen molar-refractivity contribution in [3.8, 4) is 0 Å². The fourth-order valence-electron chi connectivity index (χ4n) is 1.40. The van der Waals surface area contributed by atoms with Crippen LogP contribution in [0.15, 0.2) is 28.7 Å². The third-order valence-corrected chi connectivity index (χ3v) is 4.19. The predicted molar refractivity (Wildman–Crippen MR) is 80.2 cm³/mol. The minimum absolute atomic E-state index is 0.00569. The average Bonchev–Trinajstić information content (AvgIpc) is 2.36. The Bertz CT molecular complexity index is 453. The Labute approximate surface area is 125 Å². The molecule has 1 N–H and O–H groups in total. The molecular weight excluding hydrogens is 330 g/mol. The standard InChI is InChI=1S/C13H16BrNO3S/c1-15(8-10-4-2-3-5-11(10)14)12(16)9-19-7-6-13(17)18/h2-5H,6-9H2,1H3,(H,17,18). The number of amides is 1. The number of nitrogens with zero attached hydrogens (tertiary/aromatic N) is 1. The molecule has 0 unspecified atom stereocenters. The lowest BCUT2D eigenvalue weighted by Gasteiger charge is -2.17. The van der Waals surface area contributed by atoms with Gasteiger partial charge in [-0.2, -0.15) is 11.8 Å². The molecule has 1 amide bonds. The lowest BCUT2D eigenvalue weighted by atomic mass is 10.2. The fraction of sp³-hybridized carbons (Fsp3) is 0.385.